The molecule has 5 nitrogen and oxygen atoms in total. The fourth-order valence-corrected chi connectivity index (χ4v) is 2.35. The summed E-state index contributed by atoms with van der Waals surface area (Å²) in [6, 6.07) is 7.79. The van der Waals surface area contributed by atoms with Crippen molar-refractivity contribution in [3.8, 4) is 0 Å². The van der Waals surface area contributed by atoms with Crippen LogP contribution in [-0.4, -0.2) is 44.2 Å². The maximum Gasteiger partial charge on any atom is 0.323 e. The number of likely N-dealkylation sites (N-methyl/N-ethyl adjacent to an activating group) is 1. The van der Waals surface area contributed by atoms with Gasteiger partial charge in [0.2, 0.25) is 0 Å². The van der Waals surface area contributed by atoms with Crippen molar-refractivity contribution in [3.05, 3.63) is 36.5 Å². The standard InChI is InChI=1S/C18H28N4O/c1-18(2,3)9-10-19-17(23)20-15-5-7-16(8-6-15)22-13-11-21(4)12-14-22/h5-10H,11-14H2,1-4H3,(H2,19,20,23)/b10-9+. The number of hydrogen-bond acceptors (Lipinski definition) is 3. The Bertz CT molecular complexity index is 537. The van der Waals surface area contributed by atoms with Crippen LogP contribution in [0.2, 0.25) is 0 Å². The maximum atomic E-state index is 11.8. The molecule has 0 saturated carbocycles. The molecule has 5 heteroatoms. The Hall–Kier alpha value is -2.01. The lowest BCUT2D eigenvalue weighted by Crippen LogP contribution is -2.44. The van der Waals surface area contributed by atoms with Crippen LogP contribution in [-0.2, 0) is 0 Å². The van der Waals surface area contributed by atoms with Gasteiger partial charge in [0, 0.05) is 43.8 Å². The minimum absolute atomic E-state index is 0.0530. The van der Waals surface area contributed by atoms with Gasteiger partial charge in [-0.1, -0.05) is 26.8 Å². The number of carbonyl (C=O) groups is 1. The monoisotopic (exact) mass is 316 g/mol. The summed E-state index contributed by atoms with van der Waals surface area (Å²) in [5.41, 5.74) is 2.05. The first kappa shape index (κ1) is 17.3. The van der Waals surface area contributed by atoms with Crippen LogP contribution in [0.15, 0.2) is 36.5 Å². The van der Waals surface area contributed by atoms with Crippen LogP contribution >= 0.6 is 0 Å². The van der Waals surface area contributed by atoms with E-state index in [1.165, 1.54) is 5.69 Å². The zero-order valence-corrected chi connectivity index (χ0v) is 14.6. The summed E-state index contributed by atoms with van der Waals surface area (Å²) < 4.78 is 0. The van der Waals surface area contributed by atoms with Crippen LogP contribution in [0.1, 0.15) is 20.8 Å². The lowest BCUT2D eigenvalue weighted by Gasteiger charge is -2.34. The Morgan fingerprint density at radius 1 is 1.09 bits per heavy atom. The first-order valence-corrected chi connectivity index (χ1v) is 8.12. The number of hydrogen-bond donors (Lipinski definition) is 2. The van der Waals surface area contributed by atoms with Gasteiger partial charge in [-0.25, -0.2) is 4.79 Å². The van der Waals surface area contributed by atoms with Crippen LogP contribution in [0.4, 0.5) is 16.2 Å². The van der Waals surface area contributed by atoms with E-state index in [1.54, 1.807) is 6.20 Å². The number of amides is 2. The summed E-state index contributed by atoms with van der Waals surface area (Å²) in [5, 5.41) is 5.56. The first-order valence-electron chi connectivity index (χ1n) is 8.12. The third-order valence-electron chi connectivity index (χ3n) is 3.79. The predicted molar refractivity (Wildman–Crippen MR) is 96.9 cm³/mol. The SMILES string of the molecule is CN1CCN(c2ccc(NC(=O)N/C=C/C(C)(C)C)cc2)CC1. The van der Waals surface area contributed by atoms with Crippen molar-refractivity contribution in [1.82, 2.24) is 10.2 Å². The minimum Gasteiger partial charge on any atom is -0.369 e. The Kier molecular flexibility index (Phi) is 5.66. The minimum atomic E-state index is -0.224. The number of benzene rings is 1. The summed E-state index contributed by atoms with van der Waals surface area (Å²) in [6.45, 7) is 10.5. The van der Waals surface area contributed by atoms with Crippen molar-refractivity contribution in [2.24, 2.45) is 5.41 Å². The van der Waals surface area contributed by atoms with Crippen LogP contribution < -0.4 is 15.5 Å². The van der Waals surface area contributed by atoms with E-state index in [0.717, 1.165) is 31.9 Å². The number of nitrogens with one attached hydrogen (secondary N) is 2. The molecule has 1 fully saturated rings. The number of allylic oxidation sites excluding steroid dienone is 1. The van der Waals surface area contributed by atoms with E-state index in [1.807, 2.05) is 18.2 Å². The van der Waals surface area contributed by atoms with Gasteiger partial charge >= 0.3 is 6.03 Å². The topological polar surface area (TPSA) is 47.6 Å². The van der Waals surface area contributed by atoms with Crippen LogP contribution in [0.3, 0.4) is 0 Å². The molecule has 0 aliphatic carbocycles. The van der Waals surface area contributed by atoms with Crippen molar-refractivity contribution >= 4 is 17.4 Å². The van der Waals surface area contributed by atoms with E-state index in [2.05, 4.69) is 60.4 Å². The lowest BCUT2D eigenvalue weighted by atomic mass is 9.97. The van der Waals surface area contributed by atoms with Gasteiger partial charge < -0.3 is 20.4 Å². The molecule has 2 amide bonds. The summed E-state index contributed by atoms with van der Waals surface area (Å²) in [6.07, 6.45) is 3.65. The fraction of sp³-hybridized carbons (Fsp3) is 0.500. The molecule has 1 aromatic rings. The Labute approximate surface area is 139 Å². The third-order valence-corrected chi connectivity index (χ3v) is 3.79. The van der Waals surface area contributed by atoms with Crippen molar-refractivity contribution in [1.29, 1.82) is 0 Å². The third kappa shape index (κ3) is 5.94. The second kappa shape index (κ2) is 7.51. The molecule has 1 saturated heterocycles. The predicted octanol–water partition coefficient (Wildman–Crippen LogP) is 3.12. The van der Waals surface area contributed by atoms with E-state index in [-0.39, 0.29) is 11.4 Å². The average molecular weight is 316 g/mol. The van der Waals surface area contributed by atoms with Crippen molar-refractivity contribution in [2.75, 3.05) is 43.4 Å². The molecule has 0 spiro atoms. The lowest BCUT2D eigenvalue weighted by molar-refractivity contribution is 0.255. The molecule has 2 N–H and O–H groups in total. The van der Waals surface area contributed by atoms with E-state index in [4.69, 9.17) is 0 Å². The highest BCUT2D eigenvalue weighted by molar-refractivity contribution is 5.90. The molecule has 0 radical (unpaired) electrons. The van der Waals surface area contributed by atoms with E-state index >= 15 is 0 Å². The van der Waals surface area contributed by atoms with Crippen LogP contribution in [0.5, 0.6) is 0 Å². The maximum absolute atomic E-state index is 11.8. The number of anilines is 2. The summed E-state index contributed by atoms with van der Waals surface area (Å²) in [5.74, 6) is 0. The molecular formula is C18H28N4O. The molecule has 0 bridgehead atoms. The highest BCUT2D eigenvalue weighted by atomic mass is 16.2. The zero-order chi connectivity index (χ0) is 16.9. The first-order chi connectivity index (χ1) is 10.8. The number of carbonyl (C=O) groups excluding carboxylic acids is 1. The van der Waals surface area contributed by atoms with Crippen LogP contribution in [0, 0.1) is 5.41 Å². The molecule has 0 unspecified atom stereocenters. The molecule has 1 aliphatic rings. The second-order valence-corrected chi connectivity index (χ2v) is 7.14. The molecule has 1 aliphatic heterocycles. The van der Waals surface area contributed by atoms with Gasteiger partial charge in [-0.05, 0) is 36.7 Å². The summed E-state index contributed by atoms with van der Waals surface area (Å²) in [7, 11) is 2.15. The Morgan fingerprint density at radius 3 is 2.26 bits per heavy atom. The van der Waals surface area contributed by atoms with Gasteiger partial charge in [0.05, 0.1) is 0 Å². The zero-order valence-electron chi connectivity index (χ0n) is 14.6. The van der Waals surface area contributed by atoms with Crippen LogP contribution in [0.25, 0.3) is 0 Å². The largest absolute Gasteiger partial charge is 0.369 e. The number of nitrogens with zero attached hydrogens (tertiary/aromatic N) is 2. The van der Waals surface area contributed by atoms with Gasteiger partial charge in [0.1, 0.15) is 0 Å². The summed E-state index contributed by atoms with van der Waals surface area (Å²) >= 11 is 0. The van der Waals surface area contributed by atoms with Gasteiger partial charge in [-0.2, -0.15) is 0 Å². The van der Waals surface area contributed by atoms with Gasteiger partial charge in [0.25, 0.3) is 0 Å². The molecule has 2 rings (SSSR count). The highest BCUT2D eigenvalue weighted by Gasteiger charge is 2.14. The Morgan fingerprint density at radius 2 is 1.70 bits per heavy atom. The molecule has 126 valence electrons. The van der Waals surface area contributed by atoms with Gasteiger partial charge in [-0.3, -0.25) is 0 Å². The molecular weight excluding hydrogens is 288 g/mol. The molecule has 0 aromatic heterocycles. The number of rotatable bonds is 3. The second-order valence-electron chi connectivity index (χ2n) is 7.14. The van der Waals surface area contributed by atoms with Gasteiger partial charge in [0.15, 0.2) is 0 Å². The van der Waals surface area contributed by atoms with Crippen molar-refractivity contribution < 1.29 is 4.79 Å². The highest BCUT2D eigenvalue weighted by Crippen LogP contribution is 2.19. The average Bonchev–Trinajstić information content (AvgIpc) is 2.47. The molecule has 0 atom stereocenters. The quantitative estimate of drug-likeness (QED) is 0.901. The summed E-state index contributed by atoms with van der Waals surface area (Å²) in [4.78, 5) is 16.5. The van der Waals surface area contributed by atoms with Gasteiger partial charge in [-0.15, -0.1) is 0 Å². The number of piperazine rings is 1. The Balaban J connectivity index is 1.85. The fourth-order valence-electron chi connectivity index (χ4n) is 2.35. The van der Waals surface area contributed by atoms with E-state index in [0.29, 0.717) is 0 Å². The number of urea groups is 1. The molecule has 1 aromatic carbocycles. The van der Waals surface area contributed by atoms with E-state index < -0.39 is 0 Å². The molecule has 23 heavy (non-hydrogen) atoms. The normalized spacial score (nSPS) is 16.6. The van der Waals surface area contributed by atoms with Crippen molar-refractivity contribution in [3.63, 3.8) is 0 Å². The van der Waals surface area contributed by atoms with E-state index in [9.17, 15) is 4.79 Å². The van der Waals surface area contributed by atoms with Crippen molar-refractivity contribution in [2.45, 2.75) is 20.8 Å². The smallest absolute Gasteiger partial charge is 0.323 e. The molecule has 1 heterocycles.